The first-order valence-corrected chi connectivity index (χ1v) is 9.78. The molecule has 0 bridgehead atoms. The lowest BCUT2D eigenvalue weighted by Gasteiger charge is -2.11. The average molecular weight is 433 g/mol. The van der Waals surface area contributed by atoms with E-state index >= 15 is 0 Å². The SMILES string of the molecule is COc1cccc(-c2nc3cc(NC(=S)NC(=O)c4ccccc4OC)ccc3o2)c1. The zero-order chi connectivity index (χ0) is 21.8. The summed E-state index contributed by atoms with van der Waals surface area (Å²) in [7, 11) is 3.12. The number of oxazole rings is 1. The fourth-order valence-electron chi connectivity index (χ4n) is 3.05. The van der Waals surface area contributed by atoms with Crippen molar-refractivity contribution < 1.29 is 18.7 Å². The molecule has 0 saturated carbocycles. The summed E-state index contributed by atoms with van der Waals surface area (Å²) in [5, 5.41) is 5.81. The summed E-state index contributed by atoms with van der Waals surface area (Å²) < 4.78 is 16.3. The zero-order valence-electron chi connectivity index (χ0n) is 16.8. The predicted molar refractivity (Wildman–Crippen MR) is 123 cm³/mol. The molecule has 4 aromatic rings. The van der Waals surface area contributed by atoms with Crippen LogP contribution in [0, 0.1) is 0 Å². The number of rotatable bonds is 5. The van der Waals surface area contributed by atoms with Gasteiger partial charge >= 0.3 is 0 Å². The standard InChI is InChI=1S/C23H19N3O4S/c1-28-16-7-5-6-14(12-16)22-25-18-13-15(10-11-20(18)30-22)24-23(31)26-21(27)17-8-3-4-9-19(17)29-2/h3-13H,1-2H3,(H2,24,26,27,31). The Balaban J connectivity index is 1.49. The predicted octanol–water partition coefficient (Wildman–Crippen LogP) is 4.64. The number of ether oxygens (including phenoxy) is 2. The van der Waals surface area contributed by atoms with Crippen molar-refractivity contribution >= 4 is 40.0 Å². The van der Waals surface area contributed by atoms with Crippen LogP contribution in [-0.2, 0) is 0 Å². The summed E-state index contributed by atoms with van der Waals surface area (Å²) in [6.45, 7) is 0. The quantitative estimate of drug-likeness (QED) is 0.444. The van der Waals surface area contributed by atoms with Gasteiger partial charge in [0, 0.05) is 11.3 Å². The van der Waals surface area contributed by atoms with Crippen molar-refractivity contribution in [1.29, 1.82) is 0 Å². The third-order valence-electron chi connectivity index (χ3n) is 4.54. The minimum absolute atomic E-state index is 0.159. The Hall–Kier alpha value is -3.91. The number of methoxy groups -OCH3 is 2. The number of carbonyl (C=O) groups excluding carboxylic acids is 1. The summed E-state index contributed by atoms with van der Waals surface area (Å²) in [6, 6.07) is 19.8. The second kappa shape index (κ2) is 8.85. The first kappa shape index (κ1) is 20.4. The number of aromatic nitrogens is 1. The number of amides is 1. The Morgan fingerprint density at radius 3 is 2.65 bits per heavy atom. The Kier molecular flexibility index (Phi) is 5.81. The molecule has 7 nitrogen and oxygen atoms in total. The van der Waals surface area contributed by atoms with Gasteiger partial charge in [0.1, 0.15) is 17.0 Å². The number of para-hydroxylation sites is 1. The van der Waals surface area contributed by atoms with Crippen LogP contribution in [0.3, 0.4) is 0 Å². The molecule has 3 aromatic carbocycles. The lowest BCUT2D eigenvalue weighted by molar-refractivity contribution is 0.0975. The van der Waals surface area contributed by atoms with Crippen molar-refractivity contribution in [3.8, 4) is 23.0 Å². The molecule has 31 heavy (non-hydrogen) atoms. The average Bonchev–Trinajstić information content (AvgIpc) is 3.22. The maximum Gasteiger partial charge on any atom is 0.261 e. The van der Waals surface area contributed by atoms with E-state index in [-0.39, 0.29) is 11.0 Å². The van der Waals surface area contributed by atoms with Gasteiger partial charge in [0.25, 0.3) is 5.91 Å². The topological polar surface area (TPSA) is 85.6 Å². The van der Waals surface area contributed by atoms with Gasteiger partial charge in [-0.2, -0.15) is 0 Å². The van der Waals surface area contributed by atoms with Gasteiger partial charge in [0.15, 0.2) is 10.7 Å². The molecule has 0 fully saturated rings. The number of carbonyl (C=O) groups is 1. The van der Waals surface area contributed by atoms with Gasteiger partial charge in [-0.15, -0.1) is 0 Å². The number of thiocarbonyl (C=S) groups is 1. The van der Waals surface area contributed by atoms with Gasteiger partial charge in [0.05, 0.1) is 19.8 Å². The minimum atomic E-state index is -0.363. The second-order valence-corrected chi connectivity index (χ2v) is 6.95. The number of fused-ring (bicyclic) bond motifs is 1. The van der Waals surface area contributed by atoms with E-state index in [9.17, 15) is 4.79 Å². The highest BCUT2D eigenvalue weighted by molar-refractivity contribution is 7.80. The fraction of sp³-hybridized carbons (Fsp3) is 0.0870. The van der Waals surface area contributed by atoms with Crippen LogP contribution in [0.4, 0.5) is 5.69 Å². The number of nitrogens with zero attached hydrogens (tertiary/aromatic N) is 1. The van der Waals surface area contributed by atoms with Gasteiger partial charge in [-0.1, -0.05) is 18.2 Å². The number of nitrogens with one attached hydrogen (secondary N) is 2. The summed E-state index contributed by atoms with van der Waals surface area (Å²) in [4.78, 5) is 17.0. The Bertz CT molecular complexity index is 1270. The number of hydrogen-bond acceptors (Lipinski definition) is 6. The smallest absolute Gasteiger partial charge is 0.261 e. The second-order valence-electron chi connectivity index (χ2n) is 6.54. The van der Waals surface area contributed by atoms with Gasteiger partial charge < -0.3 is 19.2 Å². The molecule has 4 rings (SSSR count). The molecule has 1 aromatic heterocycles. The monoisotopic (exact) mass is 433 g/mol. The zero-order valence-corrected chi connectivity index (χ0v) is 17.7. The van der Waals surface area contributed by atoms with Crippen molar-refractivity contribution in [2.45, 2.75) is 0 Å². The van der Waals surface area contributed by atoms with E-state index in [0.717, 1.165) is 11.3 Å². The molecule has 0 aliphatic rings. The molecule has 0 unspecified atom stereocenters. The molecule has 1 heterocycles. The lowest BCUT2D eigenvalue weighted by Crippen LogP contribution is -2.34. The van der Waals surface area contributed by atoms with Gasteiger partial charge in [-0.25, -0.2) is 4.98 Å². The Labute approximate surface area is 184 Å². The van der Waals surface area contributed by atoms with Crippen molar-refractivity contribution in [1.82, 2.24) is 10.3 Å². The van der Waals surface area contributed by atoms with Crippen LogP contribution in [0.2, 0.25) is 0 Å². The fourth-order valence-corrected chi connectivity index (χ4v) is 3.26. The molecule has 0 atom stereocenters. The van der Waals surface area contributed by atoms with Crippen LogP contribution < -0.4 is 20.1 Å². The highest BCUT2D eigenvalue weighted by Gasteiger charge is 2.14. The highest BCUT2D eigenvalue weighted by atomic mass is 32.1. The van der Waals surface area contributed by atoms with Crippen LogP contribution in [0.25, 0.3) is 22.6 Å². The highest BCUT2D eigenvalue weighted by Crippen LogP contribution is 2.28. The van der Waals surface area contributed by atoms with Gasteiger partial charge in [0.2, 0.25) is 5.89 Å². The molecular weight excluding hydrogens is 414 g/mol. The van der Waals surface area contributed by atoms with E-state index in [2.05, 4.69) is 15.6 Å². The van der Waals surface area contributed by atoms with E-state index in [0.29, 0.717) is 34.0 Å². The van der Waals surface area contributed by atoms with E-state index in [4.69, 9.17) is 26.1 Å². The molecule has 8 heteroatoms. The first-order valence-electron chi connectivity index (χ1n) is 9.38. The molecule has 0 aliphatic heterocycles. The Morgan fingerprint density at radius 1 is 1.00 bits per heavy atom. The normalized spacial score (nSPS) is 10.5. The summed E-state index contributed by atoms with van der Waals surface area (Å²) in [5.41, 5.74) is 3.16. The number of hydrogen-bond donors (Lipinski definition) is 2. The molecule has 2 N–H and O–H groups in total. The molecule has 0 saturated heterocycles. The molecule has 1 amide bonds. The van der Waals surface area contributed by atoms with E-state index < -0.39 is 0 Å². The summed E-state index contributed by atoms with van der Waals surface area (Å²) >= 11 is 5.28. The van der Waals surface area contributed by atoms with Crippen LogP contribution in [0.5, 0.6) is 11.5 Å². The summed E-state index contributed by atoms with van der Waals surface area (Å²) in [6.07, 6.45) is 0. The maximum atomic E-state index is 12.5. The summed E-state index contributed by atoms with van der Waals surface area (Å²) in [5.74, 6) is 1.31. The number of anilines is 1. The van der Waals surface area contributed by atoms with E-state index in [1.54, 1.807) is 49.6 Å². The maximum absolute atomic E-state index is 12.5. The molecular formula is C23H19N3O4S. The van der Waals surface area contributed by atoms with Gasteiger partial charge in [-0.05, 0) is 60.7 Å². The van der Waals surface area contributed by atoms with Crippen molar-refractivity contribution in [2.24, 2.45) is 0 Å². The largest absolute Gasteiger partial charge is 0.497 e. The molecule has 156 valence electrons. The van der Waals surface area contributed by atoms with Gasteiger partial charge in [-0.3, -0.25) is 10.1 Å². The van der Waals surface area contributed by atoms with Crippen LogP contribution in [0.1, 0.15) is 10.4 Å². The van der Waals surface area contributed by atoms with E-state index in [1.807, 2.05) is 24.3 Å². The number of benzene rings is 3. The Morgan fingerprint density at radius 2 is 1.84 bits per heavy atom. The lowest BCUT2D eigenvalue weighted by atomic mass is 10.2. The molecule has 0 aliphatic carbocycles. The first-order chi connectivity index (χ1) is 15.1. The van der Waals surface area contributed by atoms with Crippen LogP contribution >= 0.6 is 12.2 Å². The third kappa shape index (κ3) is 4.49. The minimum Gasteiger partial charge on any atom is -0.497 e. The van der Waals surface area contributed by atoms with Crippen molar-refractivity contribution in [2.75, 3.05) is 19.5 Å². The van der Waals surface area contributed by atoms with Crippen molar-refractivity contribution in [3.05, 3.63) is 72.3 Å². The van der Waals surface area contributed by atoms with Crippen LogP contribution in [0.15, 0.2) is 71.1 Å². The third-order valence-corrected chi connectivity index (χ3v) is 4.74. The molecule has 0 spiro atoms. The molecule has 0 radical (unpaired) electrons. The van der Waals surface area contributed by atoms with E-state index in [1.165, 1.54) is 7.11 Å². The van der Waals surface area contributed by atoms with Crippen LogP contribution in [-0.4, -0.2) is 30.2 Å². The van der Waals surface area contributed by atoms with Crippen molar-refractivity contribution in [3.63, 3.8) is 0 Å².